The summed E-state index contributed by atoms with van der Waals surface area (Å²) in [6.07, 6.45) is 0. The Bertz CT molecular complexity index is 7550. The summed E-state index contributed by atoms with van der Waals surface area (Å²) in [5.74, 6) is 0. The van der Waals surface area contributed by atoms with Crippen LogP contribution < -0.4 is 31.1 Å². The van der Waals surface area contributed by atoms with E-state index in [0.29, 0.717) is 0 Å². The van der Waals surface area contributed by atoms with Crippen LogP contribution in [0.4, 0.5) is 51.2 Å². The molecular weight excluding hydrogens is 1560 g/mol. The number of aromatic nitrogens is 3. The zero-order chi connectivity index (χ0) is 88.5. The van der Waals surface area contributed by atoms with E-state index in [4.69, 9.17) is 0 Å². The first-order chi connectivity index (χ1) is 62.1. The van der Waals surface area contributed by atoms with Crippen LogP contribution >= 0.6 is 0 Å². The smallest absolute Gasteiger partial charge is 0.252 e. The molecule has 0 saturated carbocycles. The molecule has 0 spiro atoms. The van der Waals surface area contributed by atoms with Crippen LogP contribution in [0.3, 0.4) is 0 Å². The van der Waals surface area contributed by atoms with Crippen molar-refractivity contribution in [1.82, 2.24) is 13.7 Å². The lowest BCUT2D eigenvalue weighted by atomic mass is 9.33. The molecule has 7 heteroatoms. The van der Waals surface area contributed by atoms with E-state index in [9.17, 15) is 0 Å². The van der Waals surface area contributed by atoms with Gasteiger partial charge in [-0.3, -0.25) is 0 Å². The van der Waals surface area contributed by atoms with Crippen molar-refractivity contribution in [3.05, 3.63) is 404 Å². The van der Waals surface area contributed by atoms with Crippen molar-refractivity contribution in [3.8, 4) is 61.6 Å². The number of fused-ring (bicyclic) bond motifs is 13. The fourth-order valence-electron chi connectivity index (χ4n) is 20.6. The molecule has 0 amide bonds. The van der Waals surface area contributed by atoms with Crippen LogP contribution in [0.1, 0.15) is 132 Å². The number of para-hydroxylation sites is 3. The fourth-order valence-corrected chi connectivity index (χ4v) is 20.6. The van der Waals surface area contributed by atoms with Crippen LogP contribution in [0.15, 0.2) is 376 Å². The van der Waals surface area contributed by atoms with Gasteiger partial charge in [-0.1, -0.05) is 316 Å². The van der Waals surface area contributed by atoms with Crippen molar-refractivity contribution in [2.75, 3.05) is 14.7 Å². The molecule has 20 aromatic rings. The van der Waals surface area contributed by atoms with Gasteiger partial charge in [-0.2, -0.15) is 0 Å². The molecule has 22 rings (SSSR count). The van der Waals surface area contributed by atoms with Crippen molar-refractivity contribution in [2.45, 2.75) is 131 Å². The Kier molecular flexibility index (Phi) is 18.8. The minimum absolute atomic E-state index is 0.0932. The van der Waals surface area contributed by atoms with Gasteiger partial charge >= 0.3 is 0 Å². The average Bonchev–Trinajstić information content (AvgIpc) is 1.48. The van der Waals surface area contributed by atoms with Crippen molar-refractivity contribution < 1.29 is 0 Å². The van der Waals surface area contributed by atoms with E-state index in [1.165, 1.54) is 82.2 Å². The molecule has 17 aromatic carbocycles. The molecule has 0 N–H and O–H groups in total. The molecule has 6 nitrogen and oxygen atoms in total. The molecule has 0 aliphatic carbocycles. The maximum absolute atomic E-state index is 2.76. The highest BCUT2D eigenvalue weighted by Crippen LogP contribution is 2.55. The lowest BCUT2D eigenvalue weighted by Crippen LogP contribution is -2.61. The Labute approximate surface area is 759 Å². The standard InChI is InChI=1S/C122H107BN6/c1-118(2,3)84-50-59-107-99(67-84)100-68-85(119(4,5)6)51-60-108(100)126(107)93-55-58-105-113(75-93)129(117-97(80-40-26-18-27-41-80)71-88(122(13,14)15)72-98(117)81-42-28-19-29-43-81)115-77-95(127-109-61-52-86(120(7,8)9)69-101(109)102-70-87(121(10,11)12)53-62-110(102)127)76-114-116(115)123(105)104-57-54-92(74-112(104)128(114)94-65-82(78-36-22-16-23-37-78)64-83(66-94)79-38-24-17-25-39-79)125-106-49-35-34-48-96(106)103-73-91(56-63-111(103)125)124(89-44-30-20-31-45-89)90-46-32-21-33-47-90/h16-77H,1-15H3. The SMILES string of the molecule is CC(C)(C)c1cc(-c2ccccc2)c(N2c3cc(-n4c5ccc(C(C)(C)C)cc5c5cc(C(C)(C)C)ccc54)ccc3B3c4ccc(-n5c6ccccc6c6cc(N(c7ccccc7)c7ccccc7)ccc65)cc4N(c4cc(-c5ccccc5)cc(-c5ccccc5)c4)c4cc(-n5c6ccc(C(C)(C)C)cc6c6cc(C(C)(C)C)ccc65)cc2c43)c(-c2ccccc2)c1. The molecule has 2 aliphatic heterocycles. The van der Waals surface area contributed by atoms with Gasteiger partial charge < -0.3 is 28.4 Å². The van der Waals surface area contributed by atoms with E-state index < -0.39 is 0 Å². The summed E-state index contributed by atoms with van der Waals surface area (Å²) >= 11 is 0. The zero-order valence-electron chi connectivity index (χ0n) is 76.6. The first kappa shape index (κ1) is 80.4. The predicted molar refractivity (Wildman–Crippen MR) is 553 cm³/mol. The normalized spacial score (nSPS) is 13.0. The minimum Gasteiger partial charge on any atom is -0.311 e. The first-order valence-electron chi connectivity index (χ1n) is 45.9. The van der Waals surface area contributed by atoms with Crippen LogP contribution in [0.5, 0.6) is 0 Å². The highest BCUT2D eigenvalue weighted by molar-refractivity contribution is 7.00. The number of hydrogen-bond donors (Lipinski definition) is 0. The van der Waals surface area contributed by atoms with E-state index >= 15 is 0 Å². The molecule has 0 unspecified atom stereocenters. The largest absolute Gasteiger partial charge is 0.311 e. The number of nitrogens with zero attached hydrogens (tertiary/aromatic N) is 6. The zero-order valence-corrected chi connectivity index (χ0v) is 76.6. The molecule has 2 aliphatic rings. The Morgan fingerprint density at radius 1 is 0.209 bits per heavy atom. The molecule has 628 valence electrons. The molecule has 0 fully saturated rings. The Morgan fingerprint density at radius 3 is 0.938 bits per heavy atom. The van der Waals surface area contributed by atoms with Gasteiger partial charge in [0.1, 0.15) is 0 Å². The summed E-state index contributed by atoms with van der Waals surface area (Å²) in [5.41, 5.74) is 38.2. The highest BCUT2D eigenvalue weighted by Gasteiger charge is 2.46. The summed E-state index contributed by atoms with van der Waals surface area (Å²) in [4.78, 5) is 7.83. The molecule has 0 bridgehead atoms. The number of rotatable bonds is 12. The van der Waals surface area contributed by atoms with E-state index in [2.05, 4.69) is 508 Å². The predicted octanol–water partition coefficient (Wildman–Crippen LogP) is 31.7. The van der Waals surface area contributed by atoms with Gasteiger partial charge in [0.25, 0.3) is 6.71 Å². The molecule has 0 atom stereocenters. The van der Waals surface area contributed by atoms with E-state index in [-0.39, 0.29) is 33.8 Å². The number of hydrogen-bond acceptors (Lipinski definition) is 3. The third-order valence-electron chi connectivity index (χ3n) is 27.5. The molecular formula is C122H107BN6. The lowest BCUT2D eigenvalue weighted by molar-refractivity contribution is 0.590. The summed E-state index contributed by atoms with van der Waals surface area (Å²) in [6.45, 7) is 34.9. The van der Waals surface area contributed by atoms with Gasteiger partial charge in [-0.25, -0.2) is 0 Å². The molecule has 3 aromatic heterocycles. The summed E-state index contributed by atoms with van der Waals surface area (Å²) in [5, 5.41) is 7.29. The lowest BCUT2D eigenvalue weighted by Gasteiger charge is -2.45. The summed E-state index contributed by atoms with van der Waals surface area (Å²) in [7, 11) is 0. The third kappa shape index (κ3) is 13.7. The Hall–Kier alpha value is -14.4. The first-order valence-corrected chi connectivity index (χ1v) is 45.9. The van der Waals surface area contributed by atoms with Crippen molar-refractivity contribution >= 4 is 140 Å². The van der Waals surface area contributed by atoms with Crippen LogP contribution in [0, 0.1) is 0 Å². The minimum atomic E-state index is -0.337. The van der Waals surface area contributed by atoms with Crippen LogP contribution in [0.25, 0.3) is 127 Å². The van der Waals surface area contributed by atoms with Crippen molar-refractivity contribution in [1.29, 1.82) is 0 Å². The van der Waals surface area contributed by atoms with Crippen molar-refractivity contribution in [3.63, 3.8) is 0 Å². The monoisotopic (exact) mass is 1670 g/mol. The second-order valence-corrected chi connectivity index (χ2v) is 41.0. The Morgan fingerprint density at radius 2 is 0.535 bits per heavy atom. The van der Waals surface area contributed by atoms with Gasteiger partial charge in [-0.05, 0) is 268 Å². The molecule has 129 heavy (non-hydrogen) atoms. The second-order valence-electron chi connectivity index (χ2n) is 41.0. The van der Waals surface area contributed by atoms with Crippen LogP contribution in [-0.4, -0.2) is 20.4 Å². The maximum Gasteiger partial charge on any atom is 0.252 e. The number of benzene rings is 17. The maximum atomic E-state index is 2.76. The average molecular weight is 1670 g/mol. The second kappa shape index (κ2) is 30.1. The number of anilines is 9. The molecule has 0 radical (unpaired) electrons. The van der Waals surface area contributed by atoms with Gasteiger partial charge in [0.2, 0.25) is 0 Å². The van der Waals surface area contributed by atoms with Gasteiger partial charge in [0.05, 0.1) is 44.5 Å². The Balaban J connectivity index is 0.916. The fraction of sp³-hybridized carbons (Fsp3) is 0.164. The van der Waals surface area contributed by atoms with E-state index in [1.807, 2.05) is 0 Å². The van der Waals surface area contributed by atoms with Crippen molar-refractivity contribution in [2.24, 2.45) is 0 Å². The molecule has 0 saturated heterocycles. The topological polar surface area (TPSA) is 24.5 Å². The van der Waals surface area contributed by atoms with Gasteiger partial charge in [0, 0.05) is 100 Å². The van der Waals surface area contributed by atoms with Gasteiger partial charge in [0.15, 0.2) is 0 Å². The summed E-state index contributed by atoms with van der Waals surface area (Å²) < 4.78 is 7.74. The molecule has 5 heterocycles. The quantitative estimate of drug-likeness (QED) is 0.114. The third-order valence-corrected chi connectivity index (χ3v) is 27.5. The van der Waals surface area contributed by atoms with E-state index in [0.717, 1.165) is 140 Å². The van der Waals surface area contributed by atoms with Crippen LogP contribution in [-0.2, 0) is 27.1 Å². The van der Waals surface area contributed by atoms with Crippen LogP contribution in [0.2, 0.25) is 0 Å². The summed E-state index contributed by atoms with van der Waals surface area (Å²) in [6, 6.07) is 144. The van der Waals surface area contributed by atoms with E-state index in [1.54, 1.807) is 0 Å². The highest BCUT2D eigenvalue weighted by atomic mass is 15.2. The van der Waals surface area contributed by atoms with Gasteiger partial charge in [-0.15, -0.1) is 0 Å².